The Labute approximate surface area is 167 Å². The van der Waals surface area contributed by atoms with Gasteiger partial charge in [-0.25, -0.2) is 4.79 Å². The number of hydrogen-bond donors (Lipinski definition) is 2. The summed E-state index contributed by atoms with van der Waals surface area (Å²) in [7, 11) is 0. The van der Waals surface area contributed by atoms with E-state index in [2.05, 4.69) is 5.32 Å². The molecule has 2 aromatic rings. The van der Waals surface area contributed by atoms with Crippen molar-refractivity contribution in [2.24, 2.45) is 0 Å². The van der Waals surface area contributed by atoms with E-state index in [9.17, 15) is 24.3 Å². The second-order valence-corrected chi connectivity index (χ2v) is 7.26. The summed E-state index contributed by atoms with van der Waals surface area (Å²) in [4.78, 5) is 49.8. The first-order valence-electron chi connectivity index (χ1n) is 9.53. The van der Waals surface area contributed by atoms with Crippen molar-refractivity contribution in [3.8, 4) is 11.1 Å². The van der Waals surface area contributed by atoms with Crippen LogP contribution in [0, 0.1) is 0 Å². The third-order valence-corrected chi connectivity index (χ3v) is 5.61. The van der Waals surface area contributed by atoms with Gasteiger partial charge < -0.3 is 10.0 Å². The van der Waals surface area contributed by atoms with Gasteiger partial charge in [-0.3, -0.25) is 19.7 Å². The lowest BCUT2D eigenvalue weighted by Crippen LogP contribution is -2.52. The topological polar surface area (TPSA) is 104 Å². The van der Waals surface area contributed by atoms with Crippen LogP contribution >= 0.6 is 0 Å². The number of rotatable bonds is 4. The van der Waals surface area contributed by atoms with Crippen LogP contribution in [0.2, 0.25) is 0 Å². The maximum absolute atomic E-state index is 12.9. The minimum atomic E-state index is -0.988. The van der Waals surface area contributed by atoms with Gasteiger partial charge in [-0.15, -0.1) is 0 Å². The van der Waals surface area contributed by atoms with E-state index in [0.717, 1.165) is 22.3 Å². The number of benzene rings is 2. The molecule has 1 fully saturated rings. The van der Waals surface area contributed by atoms with Gasteiger partial charge in [0.05, 0.1) is 5.56 Å². The Bertz CT molecular complexity index is 1060. The number of piperidine rings is 1. The zero-order valence-corrected chi connectivity index (χ0v) is 15.9. The molecular weight excluding hydrogens is 372 g/mol. The molecule has 0 aliphatic carbocycles. The quantitative estimate of drug-likeness (QED) is 0.778. The molecule has 1 saturated heterocycles. The molecule has 7 heteroatoms. The maximum Gasteiger partial charge on any atom is 0.335 e. The van der Waals surface area contributed by atoms with Crippen LogP contribution in [0.1, 0.15) is 51.6 Å². The van der Waals surface area contributed by atoms with E-state index in [1.807, 2.05) is 19.1 Å². The van der Waals surface area contributed by atoms with E-state index in [4.69, 9.17) is 0 Å². The molecule has 3 amide bonds. The minimum Gasteiger partial charge on any atom is -0.478 e. The van der Waals surface area contributed by atoms with Crippen LogP contribution in [0.15, 0.2) is 36.4 Å². The Hall–Kier alpha value is -3.48. The Morgan fingerprint density at radius 2 is 1.93 bits per heavy atom. The lowest BCUT2D eigenvalue weighted by atomic mass is 9.93. The second kappa shape index (κ2) is 7.16. The van der Waals surface area contributed by atoms with E-state index in [0.29, 0.717) is 18.4 Å². The summed E-state index contributed by atoms with van der Waals surface area (Å²) in [6, 6.07) is 9.94. The lowest BCUT2D eigenvalue weighted by Gasteiger charge is -2.29. The largest absolute Gasteiger partial charge is 0.478 e. The summed E-state index contributed by atoms with van der Waals surface area (Å²) < 4.78 is 0. The maximum atomic E-state index is 12.9. The fourth-order valence-corrected chi connectivity index (χ4v) is 4.11. The first-order valence-corrected chi connectivity index (χ1v) is 9.53. The first-order chi connectivity index (χ1) is 13.9. The number of imide groups is 1. The number of amides is 3. The van der Waals surface area contributed by atoms with Crippen molar-refractivity contribution in [1.29, 1.82) is 0 Å². The van der Waals surface area contributed by atoms with Crippen LogP contribution in [0.4, 0.5) is 0 Å². The Kier molecular flexibility index (Phi) is 4.66. The van der Waals surface area contributed by atoms with Crippen molar-refractivity contribution in [3.05, 3.63) is 58.7 Å². The van der Waals surface area contributed by atoms with Crippen molar-refractivity contribution in [2.75, 3.05) is 0 Å². The van der Waals surface area contributed by atoms with Crippen LogP contribution in [0.25, 0.3) is 11.1 Å². The number of aromatic carboxylic acids is 1. The van der Waals surface area contributed by atoms with E-state index in [1.54, 1.807) is 24.3 Å². The predicted molar refractivity (Wildman–Crippen MR) is 104 cm³/mol. The molecule has 2 N–H and O–H groups in total. The highest BCUT2D eigenvalue weighted by molar-refractivity contribution is 6.06. The van der Waals surface area contributed by atoms with E-state index in [1.165, 1.54) is 4.90 Å². The zero-order valence-electron chi connectivity index (χ0n) is 15.9. The lowest BCUT2D eigenvalue weighted by molar-refractivity contribution is -0.136. The van der Waals surface area contributed by atoms with Gasteiger partial charge in [-0.05, 0) is 47.2 Å². The molecule has 148 valence electrons. The van der Waals surface area contributed by atoms with E-state index in [-0.39, 0.29) is 30.3 Å². The average Bonchev–Trinajstić information content (AvgIpc) is 3.04. The monoisotopic (exact) mass is 392 g/mol. The number of carbonyl (C=O) groups excluding carboxylic acids is 3. The molecule has 0 spiro atoms. The van der Waals surface area contributed by atoms with Gasteiger partial charge in [0.2, 0.25) is 11.8 Å². The third-order valence-electron chi connectivity index (χ3n) is 5.61. The Morgan fingerprint density at radius 1 is 1.17 bits per heavy atom. The molecule has 2 aliphatic heterocycles. The second-order valence-electron chi connectivity index (χ2n) is 7.26. The molecule has 0 radical (unpaired) electrons. The highest BCUT2D eigenvalue weighted by Gasteiger charge is 2.39. The number of nitrogens with one attached hydrogen (secondary N) is 1. The van der Waals surface area contributed by atoms with Crippen molar-refractivity contribution >= 4 is 23.7 Å². The zero-order chi connectivity index (χ0) is 20.7. The first kappa shape index (κ1) is 18.9. The van der Waals surface area contributed by atoms with Crippen LogP contribution in [0.3, 0.4) is 0 Å². The molecule has 0 saturated carbocycles. The molecule has 29 heavy (non-hydrogen) atoms. The van der Waals surface area contributed by atoms with Crippen LogP contribution in [-0.2, 0) is 22.6 Å². The summed E-state index contributed by atoms with van der Waals surface area (Å²) >= 11 is 0. The summed E-state index contributed by atoms with van der Waals surface area (Å²) in [6.07, 6.45) is 1.11. The highest BCUT2D eigenvalue weighted by atomic mass is 16.4. The van der Waals surface area contributed by atoms with Gasteiger partial charge in [0.15, 0.2) is 0 Å². The molecule has 0 aromatic heterocycles. The Balaban J connectivity index is 1.73. The summed E-state index contributed by atoms with van der Waals surface area (Å²) in [5.74, 6) is -2.02. The van der Waals surface area contributed by atoms with Gasteiger partial charge in [-0.2, -0.15) is 0 Å². The SMILES string of the molecule is CCc1ccc(-c2cccc3c2CN(C2CCC(=O)NC2=O)C3=O)cc1C(=O)O. The molecule has 2 aliphatic rings. The van der Waals surface area contributed by atoms with Gasteiger partial charge in [0, 0.05) is 18.5 Å². The standard InChI is InChI=1S/C22H20N2O5/c1-2-12-6-7-13(10-16(12)22(28)29)14-4-3-5-15-17(14)11-24(21(15)27)18-8-9-19(25)23-20(18)26/h3-7,10,18H,2,8-9,11H2,1H3,(H,28,29)(H,23,25,26). The van der Waals surface area contributed by atoms with E-state index >= 15 is 0 Å². The van der Waals surface area contributed by atoms with Gasteiger partial charge >= 0.3 is 5.97 Å². The molecule has 2 aromatic carbocycles. The predicted octanol–water partition coefficient (Wildman–Crippen LogP) is 2.38. The number of aryl methyl sites for hydroxylation is 1. The highest BCUT2D eigenvalue weighted by Crippen LogP contribution is 2.35. The van der Waals surface area contributed by atoms with E-state index < -0.39 is 17.9 Å². The van der Waals surface area contributed by atoms with Crippen molar-refractivity contribution < 1.29 is 24.3 Å². The molecule has 0 bridgehead atoms. The van der Waals surface area contributed by atoms with Gasteiger partial charge in [0.1, 0.15) is 6.04 Å². The number of carboxylic acids is 1. The fraction of sp³-hybridized carbons (Fsp3) is 0.273. The average molecular weight is 392 g/mol. The molecule has 1 atom stereocenters. The van der Waals surface area contributed by atoms with Crippen molar-refractivity contribution in [3.63, 3.8) is 0 Å². The summed E-state index contributed by atoms with van der Waals surface area (Å²) in [6.45, 7) is 2.15. The van der Waals surface area contributed by atoms with Crippen molar-refractivity contribution in [2.45, 2.75) is 38.8 Å². The van der Waals surface area contributed by atoms with Crippen molar-refractivity contribution in [1.82, 2.24) is 10.2 Å². The number of fused-ring (bicyclic) bond motifs is 1. The summed E-state index contributed by atoms with van der Waals surface area (Å²) in [5, 5.41) is 11.8. The molecular formula is C22H20N2O5. The molecule has 2 heterocycles. The van der Waals surface area contributed by atoms with Crippen LogP contribution in [0.5, 0.6) is 0 Å². The van der Waals surface area contributed by atoms with Crippen LogP contribution < -0.4 is 5.32 Å². The minimum absolute atomic E-state index is 0.198. The van der Waals surface area contributed by atoms with Gasteiger partial charge in [0.25, 0.3) is 5.91 Å². The Morgan fingerprint density at radius 3 is 2.62 bits per heavy atom. The number of hydrogen-bond acceptors (Lipinski definition) is 4. The number of carbonyl (C=O) groups is 4. The fourth-order valence-electron chi connectivity index (χ4n) is 4.11. The number of nitrogens with zero attached hydrogens (tertiary/aromatic N) is 1. The van der Waals surface area contributed by atoms with Gasteiger partial charge in [-0.1, -0.05) is 31.2 Å². The molecule has 1 unspecified atom stereocenters. The molecule has 7 nitrogen and oxygen atoms in total. The smallest absolute Gasteiger partial charge is 0.335 e. The number of carboxylic acid groups (broad SMARTS) is 1. The van der Waals surface area contributed by atoms with Crippen LogP contribution in [-0.4, -0.2) is 39.7 Å². The normalized spacial score (nSPS) is 18.6. The summed E-state index contributed by atoms with van der Waals surface area (Å²) in [5.41, 5.74) is 3.75. The molecule has 4 rings (SSSR count). The third kappa shape index (κ3) is 3.18.